The summed E-state index contributed by atoms with van der Waals surface area (Å²) < 4.78 is 5.60. The molecule has 0 spiro atoms. The molecule has 1 aromatic rings. The van der Waals surface area contributed by atoms with Crippen molar-refractivity contribution in [3.63, 3.8) is 0 Å². The number of hydrogen-bond donors (Lipinski definition) is 1. The van der Waals surface area contributed by atoms with Crippen molar-refractivity contribution < 1.29 is 4.74 Å². The van der Waals surface area contributed by atoms with Gasteiger partial charge in [-0.1, -0.05) is 20.8 Å². The molecule has 3 nitrogen and oxygen atoms in total. The van der Waals surface area contributed by atoms with Crippen LogP contribution in [0.2, 0.25) is 0 Å². The summed E-state index contributed by atoms with van der Waals surface area (Å²) in [6.45, 7) is 12.2. The molecule has 114 valence electrons. The molecule has 0 saturated heterocycles. The molecule has 0 fully saturated rings. The van der Waals surface area contributed by atoms with Crippen molar-refractivity contribution in [1.82, 2.24) is 10.3 Å². The Balaban J connectivity index is 2.34. The van der Waals surface area contributed by atoms with Crippen LogP contribution in [0.15, 0.2) is 0 Å². The highest BCUT2D eigenvalue weighted by Gasteiger charge is 2.36. The zero-order chi connectivity index (χ0) is 15.0. The highest BCUT2D eigenvalue weighted by Crippen LogP contribution is 2.44. The van der Waals surface area contributed by atoms with Gasteiger partial charge in [0.2, 0.25) is 0 Å². The van der Waals surface area contributed by atoms with E-state index in [2.05, 4.69) is 39.9 Å². The number of fused-ring (bicyclic) bond motifs is 1. The molecular weight excluding hydrogens is 268 g/mol. The van der Waals surface area contributed by atoms with Crippen LogP contribution >= 0.6 is 11.3 Å². The van der Waals surface area contributed by atoms with Crippen LogP contribution in [0, 0.1) is 5.41 Å². The molecule has 0 saturated carbocycles. The van der Waals surface area contributed by atoms with Crippen molar-refractivity contribution in [1.29, 1.82) is 0 Å². The van der Waals surface area contributed by atoms with Gasteiger partial charge < -0.3 is 10.1 Å². The molecule has 1 heterocycles. The van der Waals surface area contributed by atoms with Crippen LogP contribution in [0.4, 0.5) is 0 Å². The molecular formula is C16H28N2OS. The molecule has 20 heavy (non-hydrogen) atoms. The first kappa shape index (κ1) is 15.9. The number of nitrogens with one attached hydrogen (secondary N) is 1. The third-order valence-electron chi connectivity index (χ3n) is 4.11. The Hall–Kier alpha value is -0.450. The summed E-state index contributed by atoms with van der Waals surface area (Å²) in [5.74, 6) is 0. The van der Waals surface area contributed by atoms with Gasteiger partial charge in [-0.3, -0.25) is 0 Å². The van der Waals surface area contributed by atoms with Crippen molar-refractivity contribution in [2.75, 3.05) is 13.7 Å². The summed E-state index contributed by atoms with van der Waals surface area (Å²) in [6.07, 6.45) is 3.43. The van der Waals surface area contributed by atoms with Crippen molar-refractivity contribution in [3.8, 4) is 0 Å². The topological polar surface area (TPSA) is 34.2 Å². The number of hydrogen-bond acceptors (Lipinski definition) is 4. The van der Waals surface area contributed by atoms with Gasteiger partial charge in [0, 0.05) is 18.0 Å². The second-order valence-electron chi connectivity index (χ2n) is 7.10. The molecule has 1 unspecified atom stereocenters. The molecule has 1 aliphatic rings. The summed E-state index contributed by atoms with van der Waals surface area (Å²) in [6, 6.07) is 0.451. The van der Waals surface area contributed by atoms with Crippen LogP contribution in [-0.2, 0) is 16.8 Å². The number of nitrogens with zero attached hydrogens (tertiary/aromatic N) is 1. The minimum Gasteiger partial charge on any atom is -0.372 e. The van der Waals surface area contributed by atoms with Crippen LogP contribution in [0.5, 0.6) is 0 Å². The first-order valence-corrected chi connectivity index (χ1v) is 8.39. The van der Waals surface area contributed by atoms with Gasteiger partial charge in [0.1, 0.15) is 10.6 Å². The van der Waals surface area contributed by atoms with Gasteiger partial charge in [-0.2, -0.15) is 0 Å². The minimum atomic E-state index is -0.290. The lowest BCUT2D eigenvalue weighted by molar-refractivity contribution is 0.0188. The zero-order valence-electron chi connectivity index (χ0n) is 13.7. The SMILES string of the molecule is CCCNC1CC(C)(C)Cc2nc(C(C)(C)OC)sc21. The average molecular weight is 296 g/mol. The molecule has 0 radical (unpaired) electrons. The maximum Gasteiger partial charge on any atom is 0.125 e. The summed E-state index contributed by atoms with van der Waals surface area (Å²) in [5, 5.41) is 4.80. The molecule has 1 aliphatic carbocycles. The van der Waals surface area contributed by atoms with E-state index in [0.717, 1.165) is 18.0 Å². The highest BCUT2D eigenvalue weighted by atomic mass is 32.1. The van der Waals surface area contributed by atoms with Crippen molar-refractivity contribution in [3.05, 3.63) is 15.6 Å². The first-order valence-electron chi connectivity index (χ1n) is 7.57. The van der Waals surface area contributed by atoms with Gasteiger partial charge in [0.05, 0.1) is 5.69 Å². The third kappa shape index (κ3) is 3.23. The maximum atomic E-state index is 5.60. The Morgan fingerprint density at radius 3 is 2.75 bits per heavy atom. The van der Waals surface area contributed by atoms with Gasteiger partial charge in [-0.15, -0.1) is 11.3 Å². The maximum absolute atomic E-state index is 5.60. The van der Waals surface area contributed by atoms with Crippen LogP contribution in [-0.4, -0.2) is 18.6 Å². The predicted molar refractivity (Wildman–Crippen MR) is 85.3 cm³/mol. The molecule has 2 rings (SSSR count). The fourth-order valence-electron chi connectivity index (χ4n) is 2.76. The lowest BCUT2D eigenvalue weighted by atomic mass is 9.76. The van der Waals surface area contributed by atoms with E-state index in [1.54, 1.807) is 7.11 Å². The monoisotopic (exact) mass is 296 g/mol. The van der Waals surface area contributed by atoms with E-state index >= 15 is 0 Å². The molecule has 0 bridgehead atoms. The van der Waals surface area contributed by atoms with Gasteiger partial charge in [0.25, 0.3) is 0 Å². The Morgan fingerprint density at radius 1 is 1.45 bits per heavy atom. The van der Waals surface area contributed by atoms with E-state index in [9.17, 15) is 0 Å². The first-order chi connectivity index (χ1) is 9.29. The lowest BCUT2D eigenvalue weighted by Gasteiger charge is -2.34. The van der Waals surface area contributed by atoms with E-state index < -0.39 is 0 Å². The summed E-state index contributed by atoms with van der Waals surface area (Å²) in [7, 11) is 1.76. The van der Waals surface area contributed by atoms with Crippen LogP contribution in [0.1, 0.15) is 69.1 Å². The lowest BCUT2D eigenvalue weighted by Crippen LogP contribution is -2.33. The number of rotatable bonds is 5. The van der Waals surface area contributed by atoms with Crippen LogP contribution in [0.25, 0.3) is 0 Å². The normalized spacial score (nSPS) is 21.8. The van der Waals surface area contributed by atoms with E-state index in [1.807, 2.05) is 11.3 Å². The second kappa shape index (κ2) is 5.74. The molecule has 0 amide bonds. The van der Waals surface area contributed by atoms with Gasteiger partial charge in [0.15, 0.2) is 0 Å². The van der Waals surface area contributed by atoms with E-state index in [1.165, 1.54) is 23.4 Å². The van der Waals surface area contributed by atoms with E-state index in [0.29, 0.717) is 11.5 Å². The molecule has 4 heteroatoms. The standard InChI is InChI=1S/C16H28N2OS/c1-7-8-17-11-9-15(2,3)10-12-13(11)20-14(18-12)16(4,5)19-6/h11,17H,7-10H2,1-6H3. The number of methoxy groups -OCH3 is 1. The Labute approximate surface area is 127 Å². The average Bonchev–Trinajstić information content (AvgIpc) is 2.78. The van der Waals surface area contributed by atoms with Crippen LogP contribution < -0.4 is 5.32 Å². The molecule has 1 N–H and O–H groups in total. The molecule has 1 atom stereocenters. The van der Waals surface area contributed by atoms with Crippen LogP contribution in [0.3, 0.4) is 0 Å². The highest BCUT2D eigenvalue weighted by molar-refractivity contribution is 7.12. The summed E-state index contributed by atoms with van der Waals surface area (Å²) in [5.41, 5.74) is 1.31. The zero-order valence-corrected chi connectivity index (χ0v) is 14.5. The quantitative estimate of drug-likeness (QED) is 0.890. The smallest absolute Gasteiger partial charge is 0.125 e. The fraction of sp³-hybridized carbons (Fsp3) is 0.812. The van der Waals surface area contributed by atoms with Crippen molar-refractivity contribution in [2.24, 2.45) is 5.41 Å². The van der Waals surface area contributed by atoms with E-state index in [-0.39, 0.29) is 5.60 Å². The van der Waals surface area contributed by atoms with E-state index in [4.69, 9.17) is 9.72 Å². The summed E-state index contributed by atoms with van der Waals surface area (Å²) in [4.78, 5) is 6.33. The number of thiazole rings is 1. The number of ether oxygens (including phenoxy) is 1. The van der Waals surface area contributed by atoms with Gasteiger partial charge in [-0.05, 0) is 45.1 Å². The van der Waals surface area contributed by atoms with Crippen molar-refractivity contribution in [2.45, 2.75) is 65.5 Å². The van der Waals surface area contributed by atoms with Gasteiger partial charge >= 0.3 is 0 Å². The van der Waals surface area contributed by atoms with Gasteiger partial charge in [-0.25, -0.2) is 4.98 Å². The second-order valence-corrected chi connectivity index (χ2v) is 8.13. The third-order valence-corrected chi connectivity index (χ3v) is 5.63. The molecule has 1 aromatic heterocycles. The molecule has 0 aromatic carbocycles. The summed E-state index contributed by atoms with van der Waals surface area (Å²) >= 11 is 1.83. The largest absolute Gasteiger partial charge is 0.372 e. The minimum absolute atomic E-state index is 0.290. The number of aromatic nitrogens is 1. The fourth-order valence-corrected chi connectivity index (χ4v) is 4.00. The Morgan fingerprint density at radius 2 is 2.15 bits per heavy atom. The molecule has 0 aliphatic heterocycles. The Kier molecular flexibility index (Phi) is 4.57. The Bertz CT molecular complexity index is 465. The van der Waals surface area contributed by atoms with Crippen molar-refractivity contribution >= 4 is 11.3 Å². The predicted octanol–water partition coefficient (Wildman–Crippen LogP) is 4.04.